The first-order valence-corrected chi connectivity index (χ1v) is 4.48. The summed E-state index contributed by atoms with van der Waals surface area (Å²) in [5, 5.41) is 1.00. The molecule has 1 heterocycles. The molecule has 3 nitrogen and oxygen atoms in total. The van der Waals surface area contributed by atoms with Gasteiger partial charge < -0.3 is 4.74 Å². The van der Waals surface area contributed by atoms with Crippen molar-refractivity contribution in [2.45, 2.75) is 13.8 Å². The van der Waals surface area contributed by atoms with Crippen LogP contribution in [0, 0.1) is 13.8 Å². The van der Waals surface area contributed by atoms with Crippen LogP contribution in [0.25, 0.3) is 10.9 Å². The molecule has 1 aromatic carbocycles. The van der Waals surface area contributed by atoms with Gasteiger partial charge >= 0.3 is 0 Å². The molecule has 0 N–H and O–H groups in total. The van der Waals surface area contributed by atoms with Gasteiger partial charge in [-0.15, -0.1) is 0 Å². The Labute approximate surface area is 82.8 Å². The summed E-state index contributed by atoms with van der Waals surface area (Å²) in [7, 11) is 1.67. The van der Waals surface area contributed by atoms with Crippen molar-refractivity contribution < 1.29 is 4.74 Å². The summed E-state index contributed by atoms with van der Waals surface area (Å²) in [4.78, 5) is 8.37. The normalized spacial score (nSPS) is 10.5. The molecule has 0 unspecified atom stereocenters. The molecule has 1 aromatic heterocycles. The van der Waals surface area contributed by atoms with Crippen LogP contribution in [-0.4, -0.2) is 17.1 Å². The summed E-state index contributed by atoms with van der Waals surface area (Å²) in [6.07, 6.45) is 1.58. The maximum absolute atomic E-state index is 5.31. The van der Waals surface area contributed by atoms with E-state index in [1.165, 1.54) is 0 Å². The average Bonchev–Trinajstić information content (AvgIpc) is 2.16. The molecular formula is C11H12N2O. The van der Waals surface area contributed by atoms with E-state index in [9.17, 15) is 0 Å². The second-order valence-electron chi connectivity index (χ2n) is 3.32. The Bertz CT molecular complexity index is 480. The van der Waals surface area contributed by atoms with Crippen LogP contribution >= 0.6 is 0 Å². The summed E-state index contributed by atoms with van der Waals surface area (Å²) >= 11 is 0. The lowest BCUT2D eigenvalue weighted by Gasteiger charge is -2.07. The Morgan fingerprint density at radius 3 is 2.64 bits per heavy atom. The van der Waals surface area contributed by atoms with Crippen LogP contribution in [-0.2, 0) is 0 Å². The number of methoxy groups -OCH3 is 1. The molecule has 0 fully saturated rings. The summed E-state index contributed by atoms with van der Waals surface area (Å²) in [6, 6.07) is 4.03. The van der Waals surface area contributed by atoms with Crippen molar-refractivity contribution in [1.29, 1.82) is 0 Å². The van der Waals surface area contributed by atoms with Gasteiger partial charge in [0.1, 0.15) is 12.1 Å². The Morgan fingerprint density at radius 1 is 1.14 bits per heavy atom. The second-order valence-corrected chi connectivity index (χ2v) is 3.32. The van der Waals surface area contributed by atoms with E-state index in [0.717, 1.165) is 27.9 Å². The molecule has 3 heteroatoms. The van der Waals surface area contributed by atoms with Crippen molar-refractivity contribution in [1.82, 2.24) is 9.97 Å². The van der Waals surface area contributed by atoms with Gasteiger partial charge in [-0.25, -0.2) is 9.97 Å². The highest BCUT2D eigenvalue weighted by molar-refractivity contribution is 5.87. The summed E-state index contributed by atoms with van der Waals surface area (Å²) in [6.45, 7) is 3.99. The molecule has 0 amide bonds. The number of benzene rings is 1. The molecule has 14 heavy (non-hydrogen) atoms. The number of aryl methyl sites for hydroxylation is 2. The van der Waals surface area contributed by atoms with Crippen molar-refractivity contribution in [2.75, 3.05) is 7.11 Å². The molecular weight excluding hydrogens is 176 g/mol. The van der Waals surface area contributed by atoms with Crippen molar-refractivity contribution in [3.63, 3.8) is 0 Å². The SMILES string of the molecule is COc1cc(C)cc2ncnc(C)c12. The lowest BCUT2D eigenvalue weighted by molar-refractivity contribution is 0.419. The summed E-state index contributed by atoms with van der Waals surface area (Å²) in [5.41, 5.74) is 3.04. The molecule has 0 saturated carbocycles. The fraction of sp³-hybridized carbons (Fsp3) is 0.273. The smallest absolute Gasteiger partial charge is 0.130 e. The molecule has 2 rings (SSSR count). The van der Waals surface area contributed by atoms with E-state index in [1.807, 2.05) is 26.0 Å². The van der Waals surface area contributed by atoms with Crippen LogP contribution in [0.2, 0.25) is 0 Å². The third kappa shape index (κ3) is 1.31. The van der Waals surface area contributed by atoms with Crippen molar-refractivity contribution in [2.24, 2.45) is 0 Å². The number of fused-ring (bicyclic) bond motifs is 1. The van der Waals surface area contributed by atoms with E-state index in [1.54, 1.807) is 13.4 Å². The van der Waals surface area contributed by atoms with Gasteiger partial charge in [-0.2, -0.15) is 0 Å². The van der Waals surface area contributed by atoms with Crippen molar-refractivity contribution in [3.8, 4) is 5.75 Å². The van der Waals surface area contributed by atoms with E-state index in [-0.39, 0.29) is 0 Å². The Morgan fingerprint density at radius 2 is 1.93 bits per heavy atom. The minimum absolute atomic E-state index is 0.845. The van der Waals surface area contributed by atoms with Crippen molar-refractivity contribution >= 4 is 10.9 Å². The first kappa shape index (κ1) is 8.94. The number of nitrogens with zero attached hydrogens (tertiary/aromatic N) is 2. The van der Waals surface area contributed by atoms with Crippen LogP contribution in [0.3, 0.4) is 0 Å². The molecule has 0 saturated heterocycles. The highest BCUT2D eigenvalue weighted by Gasteiger charge is 2.06. The average molecular weight is 188 g/mol. The third-order valence-electron chi connectivity index (χ3n) is 2.26. The molecule has 0 aliphatic heterocycles. The zero-order chi connectivity index (χ0) is 10.1. The van der Waals surface area contributed by atoms with Gasteiger partial charge in [-0.05, 0) is 31.5 Å². The molecule has 0 atom stereocenters. The fourth-order valence-electron chi connectivity index (χ4n) is 1.60. The number of aromatic nitrogens is 2. The van der Waals surface area contributed by atoms with Gasteiger partial charge in [-0.1, -0.05) is 0 Å². The van der Waals surface area contributed by atoms with Gasteiger partial charge in [0.2, 0.25) is 0 Å². The highest BCUT2D eigenvalue weighted by Crippen LogP contribution is 2.27. The lowest BCUT2D eigenvalue weighted by atomic mass is 10.1. The predicted octanol–water partition coefficient (Wildman–Crippen LogP) is 2.26. The zero-order valence-corrected chi connectivity index (χ0v) is 8.53. The Hall–Kier alpha value is -1.64. The van der Waals surface area contributed by atoms with E-state index >= 15 is 0 Å². The quantitative estimate of drug-likeness (QED) is 0.688. The number of hydrogen-bond acceptors (Lipinski definition) is 3. The zero-order valence-electron chi connectivity index (χ0n) is 8.53. The third-order valence-corrected chi connectivity index (χ3v) is 2.26. The minimum atomic E-state index is 0.845. The molecule has 2 aromatic rings. The predicted molar refractivity (Wildman–Crippen MR) is 55.6 cm³/mol. The molecule has 0 spiro atoms. The highest BCUT2D eigenvalue weighted by atomic mass is 16.5. The van der Waals surface area contributed by atoms with Crippen LogP contribution < -0.4 is 4.74 Å². The van der Waals surface area contributed by atoms with Crippen molar-refractivity contribution in [3.05, 3.63) is 29.7 Å². The van der Waals surface area contributed by atoms with E-state index < -0.39 is 0 Å². The fourth-order valence-corrected chi connectivity index (χ4v) is 1.60. The van der Waals surface area contributed by atoms with Gasteiger partial charge in [0.25, 0.3) is 0 Å². The maximum atomic E-state index is 5.31. The summed E-state index contributed by atoms with van der Waals surface area (Å²) in [5.74, 6) is 0.845. The minimum Gasteiger partial charge on any atom is -0.496 e. The van der Waals surface area contributed by atoms with Gasteiger partial charge in [0, 0.05) is 0 Å². The van der Waals surface area contributed by atoms with Crippen LogP contribution in [0.1, 0.15) is 11.3 Å². The first-order chi connectivity index (χ1) is 6.72. The lowest BCUT2D eigenvalue weighted by Crippen LogP contribution is -1.92. The van der Waals surface area contributed by atoms with Crippen LogP contribution in [0.4, 0.5) is 0 Å². The molecule has 0 radical (unpaired) electrons. The van der Waals surface area contributed by atoms with Crippen LogP contribution in [0.5, 0.6) is 5.75 Å². The molecule has 72 valence electrons. The van der Waals surface area contributed by atoms with Gasteiger partial charge in [-0.3, -0.25) is 0 Å². The second kappa shape index (κ2) is 3.25. The van der Waals surface area contributed by atoms with E-state index in [0.29, 0.717) is 0 Å². The Balaban J connectivity index is 2.88. The monoisotopic (exact) mass is 188 g/mol. The summed E-state index contributed by atoms with van der Waals surface area (Å²) < 4.78 is 5.31. The molecule has 0 aliphatic rings. The Kier molecular flexibility index (Phi) is 2.08. The molecule has 0 aliphatic carbocycles. The number of rotatable bonds is 1. The van der Waals surface area contributed by atoms with Gasteiger partial charge in [0.15, 0.2) is 0 Å². The first-order valence-electron chi connectivity index (χ1n) is 4.48. The topological polar surface area (TPSA) is 35.0 Å². The standard InChI is InChI=1S/C11H12N2O/c1-7-4-9-11(10(5-7)14-3)8(2)12-6-13-9/h4-6H,1-3H3. The number of ether oxygens (including phenoxy) is 1. The van der Waals surface area contributed by atoms with Gasteiger partial charge in [0.05, 0.1) is 23.7 Å². The van der Waals surface area contributed by atoms with Crippen LogP contribution in [0.15, 0.2) is 18.5 Å². The largest absolute Gasteiger partial charge is 0.496 e. The number of hydrogen-bond donors (Lipinski definition) is 0. The molecule has 0 bridgehead atoms. The van der Waals surface area contributed by atoms with E-state index in [4.69, 9.17) is 4.74 Å². The van der Waals surface area contributed by atoms with E-state index in [2.05, 4.69) is 9.97 Å². The maximum Gasteiger partial charge on any atom is 0.130 e.